The molecule has 0 saturated carbocycles. The minimum absolute atomic E-state index is 0.408. The number of benzene rings is 1. The maximum absolute atomic E-state index is 4.30. The standard InChI is InChI=1S/C23H26/c1-5-6-10-20-16(2)12-13-17(3)22(20)23-18(4)14-15-19-9-7-8-11-21(19)23/h5-13,17,22H,2,14-15H2,1,3-4H3/b6-5-,20-10+. The predicted molar refractivity (Wildman–Crippen MR) is 101 cm³/mol. The summed E-state index contributed by atoms with van der Waals surface area (Å²) in [6.45, 7) is 11.0. The van der Waals surface area contributed by atoms with Crippen molar-refractivity contribution >= 4 is 5.57 Å². The zero-order valence-electron chi connectivity index (χ0n) is 14.5. The van der Waals surface area contributed by atoms with Crippen LogP contribution in [0, 0.1) is 11.8 Å². The summed E-state index contributed by atoms with van der Waals surface area (Å²) in [4.78, 5) is 0. The van der Waals surface area contributed by atoms with E-state index in [1.807, 2.05) is 0 Å². The lowest BCUT2D eigenvalue weighted by atomic mass is 9.68. The van der Waals surface area contributed by atoms with Crippen LogP contribution in [0.1, 0.15) is 38.3 Å². The fourth-order valence-electron chi connectivity index (χ4n) is 3.91. The smallest absolute Gasteiger partial charge is 0.0161 e. The van der Waals surface area contributed by atoms with Gasteiger partial charge in [0.2, 0.25) is 0 Å². The minimum atomic E-state index is 0.408. The van der Waals surface area contributed by atoms with Crippen molar-refractivity contribution < 1.29 is 0 Å². The first-order valence-electron chi connectivity index (χ1n) is 8.61. The Labute approximate surface area is 140 Å². The molecule has 23 heavy (non-hydrogen) atoms. The second kappa shape index (κ2) is 6.58. The van der Waals surface area contributed by atoms with Crippen molar-refractivity contribution in [1.82, 2.24) is 0 Å². The molecule has 0 amide bonds. The van der Waals surface area contributed by atoms with Gasteiger partial charge in [0, 0.05) is 5.92 Å². The molecule has 0 heterocycles. The molecule has 3 rings (SSSR count). The van der Waals surface area contributed by atoms with Crippen LogP contribution in [-0.2, 0) is 6.42 Å². The maximum Gasteiger partial charge on any atom is 0.0161 e. The second-order valence-corrected chi connectivity index (χ2v) is 6.72. The summed E-state index contributed by atoms with van der Waals surface area (Å²) in [6, 6.07) is 8.92. The van der Waals surface area contributed by atoms with Crippen LogP contribution >= 0.6 is 0 Å². The van der Waals surface area contributed by atoms with Gasteiger partial charge in [-0.15, -0.1) is 0 Å². The fourth-order valence-corrected chi connectivity index (χ4v) is 3.91. The zero-order valence-corrected chi connectivity index (χ0v) is 14.5. The molecule has 1 aromatic rings. The van der Waals surface area contributed by atoms with Crippen LogP contribution in [0.2, 0.25) is 0 Å². The van der Waals surface area contributed by atoms with E-state index in [0.717, 1.165) is 12.0 Å². The Kier molecular flexibility index (Phi) is 4.52. The van der Waals surface area contributed by atoms with Crippen LogP contribution in [0.25, 0.3) is 5.57 Å². The topological polar surface area (TPSA) is 0 Å². The molecule has 0 nitrogen and oxygen atoms in total. The number of hydrogen-bond donors (Lipinski definition) is 0. The quantitative estimate of drug-likeness (QED) is 0.602. The molecule has 0 N–H and O–H groups in total. The third-order valence-electron chi connectivity index (χ3n) is 5.15. The van der Waals surface area contributed by atoms with Crippen molar-refractivity contribution in [3.05, 3.63) is 89.1 Å². The van der Waals surface area contributed by atoms with E-state index >= 15 is 0 Å². The average Bonchev–Trinajstić information content (AvgIpc) is 2.56. The first-order chi connectivity index (χ1) is 11.1. The molecule has 0 saturated heterocycles. The lowest BCUT2D eigenvalue weighted by molar-refractivity contribution is 0.585. The van der Waals surface area contributed by atoms with Crippen LogP contribution < -0.4 is 0 Å². The van der Waals surface area contributed by atoms with Gasteiger partial charge in [-0.25, -0.2) is 0 Å². The van der Waals surface area contributed by atoms with E-state index in [-0.39, 0.29) is 0 Å². The molecule has 118 valence electrons. The van der Waals surface area contributed by atoms with Crippen molar-refractivity contribution in [2.45, 2.75) is 33.6 Å². The second-order valence-electron chi connectivity index (χ2n) is 6.72. The summed E-state index contributed by atoms with van der Waals surface area (Å²) in [5.41, 5.74) is 8.52. The van der Waals surface area contributed by atoms with Crippen molar-refractivity contribution in [1.29, 1.82) is 0 Å². The Morgan fingerprint density at radius 1 is 1.17 bits per heavy atom. The van der Waals surface area contributed by atoms with E-state index in [9.17, 15) is 0 Å². The molecule has 2 atom stereocenters. The van der Waals surface area contributed by atoms with E-state index in [4.69, 9.17) is 0 Å². The first-order valence-corrected chi connectivity index (χ1v) is 8.61. The molecular weight excluding hydrogens is 276 g/mol. The van der Waals surface area contributed by atoms with Crippen LogP contribution in [0.4, 0.5) is 0 Å². The molecule has 2 aliphatic rings. The Morgan fingerprint density at radius 2 is 1.96 bits per heavy atom. The zero-order chi connectivity index (χ0) is 16.4. The fraction of sp³-hybridized carbons (Fsp3) is 0.304. The highest BCUT2D eigenvalue weighted by atomic mass is 14.4. The molecule has 0 aromatic heterocycles. The number of aryl methyl sites for hydroxylation is 1. The number of allylic oxidation sites excluding steroid dienone is 9. The maximum atomic E-state index is 4.30. The summed E-state index contributed by atoms with van der Waals surface area (Å²) in [6.07, 6.45) is 13.3. The molecule has 2 aliphatic carbocycles. The molecule has 0 fully saturated rings. The van der Waals surface area contributed by atoms with Crippen molar-refractivity contribution in [3.8, 4) is 0 Å². The largest absolute Gasteiger partial charge is 0.0915 e. The van der Waals surface area contributed by atoms with E-state index in [1.54, 1.807) is 0 Å². The first kappa shape index (κ1) is 15.8. The summed E-state index contributed by atoms with van der Waals surface area (Å²) in [5, 5.41) is 0. The molecule has 0 aliphatic heterocycles. The monoisotopic (exact) mass is 302 g/mol. The number of fused-ring (bicyclic) bond motifs is 1. The van der Waals surface area contributed by atoms with Gasteiger partial charge < -0.3 is 0 Å². The third-order valence-corrected chi connectivity index (χ3v) is 5.15. The van der Waals surface area contributed by atoms with Gasteiger partial charge in [-0.1, -0.05) is 73.7 Å². The predicted octanol–water partition coefficient (Wildman–Crippen LogP) is 6.29. The van der Waals surface area contributed by atoms with Gasteiger partial charge in [0.1, 0.15) is 0 Å². The molecule has 0 radical (unpaired) electrons. The van der Waals surface area contributed by atoms with Crippen LogP contribution in [-0.4, -0.2) is 0 Å². The molecule has 0 bridgehead atoms. The Balaban J connectivity index is 2.17. The van der Waals surface area contributed by atoms with E-state index in [2.05, 4.69) is 82.0 Å². The summed E-state index contributed by atoms with van der Waals surface area (Å²) < 4.78 is 0. The lowest BCUT2D eigenvalue weighted by Crippen LogP contribution is -2.22. The van der Waals surface area contributed by atoms with Gasteiger partial charge in [-0.2, -0.15) is 0 Å². The summed E-state index contributed by atoms with van der Waals surface area (Å²) >= 11 is 0. The highest BCUT2D eigenvalue weighted by Gasteiger charge is 2.31. The Morgan fingerprint density at radius 3 is 2.74 bits per heavy atom. The minimum Gasteiger partial charge on any atom is -0.0915 e. The highest BCUT2D eigenvalue weighted by Crippen LogP contribution is 2.46. The van der Waals surface area contributed by atoms with Gasteiger partial charge in [-0.05, 0) is 60.5 Å². The van der Waals surface area contributed by atoms with Gasteiger partial charge in [-0.3, -0.25) is 0 Å². The van der Waals surface area contributed by atoms with E-state index in [0.29, 0.717) is 11.8 Å². The summed E-state index contributed by atoms with van der Waals surface area (Å²) in [7, 11) is 0. The van der Waals surface area contributed by atoms with Gasteiger partial charge in [0.05, 0.1) is 0 Å². The average molecular weight is 302 g/mol. The third kappa shape index (κ3) is 2.91. The number of hydrogen-bond acceptors (Lipinski definition) is 0. The lowest BCUT2D eigenvalue weighted by Gasteiger charge is -2.35. The van der Waals surface area contributed by atoms with Crippen LogP contribution in [0.5, 0.6) is 0 Å². The molecule has 0 heteroatoms. The molecular formula is C23H26. The van der Waals surface area contributed by atoms with Gasteiger partial charge in [0.25, 0.3) is 0 Å². The van der Waals surface area contributed by atoms with Crippen molar-refractivity contribution in [2.75, 3.05) is 0 Å². The molecule has 1 aromatic carbocycles. The SMILES string of the molecule is C=C1C=CC(C)C(C2=C(C)CCc3ccccc32)/C1=C/C=C\C. The van der Waals surface area contributed by atoms with E-state index < -0.39 is 0 Å². The van der Waals surface area contributed by atoms with Gasteiger partial charge in [0.15, 0.2) is 0 Å². The molecule has 0 spiro atoms. The van der Waals surface area contributed by atoms with Crippen molar-refractivity contribution in [2.24, 2.45) is 11.8 Å². The Bertz CT molecular complexity index is 737. The van der Waals surface area contributed by atoms with E-state index in [1.165, 1.54) is 34.3 Å². The van der Waals surface area contributed by atoms with Crippen molar-refractivity contribution in [3.63, 3.8) is 0 Å². The Hall–Kier alpha value is -2.08. The van der Waals surface area contributed by atoms with Crippen LogP contribution in [0.15, 0.2) is 77.9 Å². The normalized spacial score (nSPS) is 26.2. The molecule has 2 unspecified atom stereocenters. The van der Waals surface area contributed by atoms with Gasteiger partial charge >= 0.3 is 0 Å². The van der Waals surface area contributed by atoms with Crippen LogP contribution in [0.3, 0.4) is 0 Å². The summed E-state index contributed by atoms with van der Waals surface area (Å²) in [5.74, 6) is 0.901. The number of rotatable bonds is 2. The highest BCUT2D eigenvalue weighted by molar-refractivity contribution is 5.78.